The predicted octanol–water partition coefficient (Wildman–Crippen LogP) is 3.26. The Morgan fingerprint density at radius 2 is 1.81 bits per heavy atom. The quantitative estimate of drug-likeness (QED) is 0.804. The van der Waals surface area contributed by atoms with Gasteiger partial charge >= 0.3 is 0 Å². The van der Waals surface area contributed by atoms with Gasteiger partial charge in [-0.15, -0.1) is 0 Å². The second kappa shape index (κ2) is 8.49. The van der Waals surface area contributed by atoms with E-state index in [0.717, 1.165) is 31.9 Å². The molecule has 0 unspecified atom stereocenters. The summed E-state index contributed by atoms with van der Waals surface area (Å²) in [6, 6.07) is 6.86. The number of rotatable bonds is 4. The number of ether oxygens (including phenoxy) is 1. The molecule has 2 aliphatic heterocycles. The molecule has 0 saturated carbocycles. The molecule has 2 fully saturated rings. The number of methoxy groups -OCH3 is 1. The molecule has 0 aliphatic carbocycles. The summed E-state index contributed by atoms with van der Waals surface area (Å²) >= 11 is 6.12. The van der Waals surface area contributed by atoms with E-state index >= 15 is 0 Å². The molecule has 2 heterocycles. The number of anilines is 1. The minimum absolute atomic E-state index is 0.263. The summed E-state index contributed by atoms with van der Waals surface area (Å²) in [4.78, 5) is 19.4. The SMILES string of the molecule is COc1cc(N2CCN(C(=O)CN3[C@H](C)CCC[C@@H]3C)CC2)ccc1Cl. The van der Waals surface area contributed by atoms with Crippen LogP contribution >= 0.6 is 11.6 Å². The largest absolute Gasteiger partial charge is 0.495 e. The molecule has 0 radical (unpaired) electrons. The monoisotopic (exact) mass is 379 g/mol. The molecule has 0 aromatic heterocycles. The Bertz CT molecular complexity index is 621. The molecular formula is C20H30ClN3O2. The summed E-state index contributed by atoms with van der Waals surface area (Å²) in [5.74, 6) is 0.953. The van der Waals surface area contributed by atoms with Gasteiger partial charge in [-0.3, -0.25) is 9.69 Å². The van der Waals surface area contributed by atoms with Crippen molar-refractivity contribution in [1.82, 2.24) is 9.80 Å². The van der Waals surface area contributed by atoms with Crippen molar-refractivity contribution in [2.24, 2.45) is 0 Å². The normalized spacial score (nSPS) is 24.6. The van der Waals surface area contributed by atoms with E-state index in [2.05, 4.69) is 23.6 Å². The molecule has 3 rings (SSSR count). The van der Waals surface area contributed by atoms with Crippen molar-refractivity contribution >= 4 is 23.2 Å². The number of hydrogen-bond acceptors (Lipinski definition) is 4. The Balaban J connectivity index is 1.55. The molecular weight excluding hydrogens is 350 g/mol. The summed E-state index contributed by atoms with van der Waals surface area (Å²) in [5.41, 5.74) is 1.09. The molecule has 1 amide bonds. The fraction of sp³-hybridized carbons (Fsp3) is 0.650. The molecule has 2 atom stereocenters. The Morgan fingerprint density at radius 1 is 1.15 bits per heavy atom. The number of likely N-dealkylation sites (tertiary alicyclic amines) is 1. The zero-order valence-corrected chi connectivity index (χ0v) is 16.8. The molecule has 1 aromatic rings. The third kappa shape index (κ3) is 4.26. The number of piperazine rings is 1. The highest BCUT2D eigenvalue weighted by Gasteiger charge is 2.29. The Labute approximate surface area is 161 Å². The first-order chi connectivity index (χ1) is 12.5. The number of nitrogens with zero attached hydrogens (tertiary/aromatic N) is 3. The number of benzene rings is 1. The highest BCUT2D eigenvalue weighted by molar-refractivity contribution is 6.32. The molecule has 0 N–H and O–H groups in total. The fourth-order valence-electron chi connectivity index (χ4n) is 4.10. The maximum absolute atomic E-state index is 12.8. The zero-order valence-electron chi connectivity index (χ0n) is 16.1. The number of amides is 1. The predicted molar refractivity (Wildman–Crippen MR) is 106 cm³/mol. The van der Waals surface area contributed by atoms with Crippen LogP contribution in [0.5, 0.6) is 5.75 Å². The third-order valence-corrected chi connectivity index (χ3v) is 6.14. The molecule has 6 heteroatoms. The van der Waals surface area contributed by atoms with Crippen molar-refractivity contribution < 1.29 is 9.53 Å². The van der Waals surface area contributed by atoms with Crippen LogP contribution in [0.2, 0.25) is 5.02 Å². The van der Waals surface area contributed by atoms with Crippen LogP contribution in [0.15, 0.2) is 18.2 Å². The average molecular weight is 380 g/mol. The van der Waals surface area contributed by atoms with E-state index in [4.69, 9.17) is 16.3 Å². The average Bonchev–Trinajstić information content (AvgIpc) is 2.65. The van der Waals surface area contributed by atoms with Crippen molar-refractivity contribution in [2.45, 2.75) is 45.2 Å². The van der Waals surface area contributed by atoms with Crippen molar-refractivity contribution in [3.63, 3.8) is 0 Å². The summed E-state index contributed by atoms with van der Waals surface area (Å²) in [5, 5.41) is 0.620. The smallest absolute Gasteiger partial charge is 0.236 e. The molecule has 0 spiro atoms. The number of piperidine rings is 1. The lowest BCUT2D eigenvalue weighted by atomic mass is 9.97. The van der Waals surface area contributed by atoms with E-state index in [1.54, 1.807) is 7.11 Å². The molecule has 0 bridgehead atoms. The fourth-order valence-corrected chi connectivity index (χ4v) is 4.30. The van der Waals surface area contributed by atoms with Gasteiger partial charge in [-0.05, 0) is 38.8 Å². The second-order valence-corrected chi connectivity index (χ2v) is 7.90. The van der Waals surface area contributed by atoms with Gasteiger partial charge in [0, 0.05) is 50.0 Å². The van der Waals surface area contributed by atoms with Crippen molar-refractivity contribution in [2.75, 3.05) is 44.7 Å². The first-order valence-corrected chi connectivity index (χ1v) is 9.99. The van der Waals surface area contributed by atoms with Crippen LogP contribution in [0.4, 0.5) is 5.69 Å². The van der Waals surface area contributed by atoms with E-state index < -0.39 is 0 Å². The van der Waals surface area contributed by atoms with Gasteiger partial charge in [0.05, 0.1) is 18.7 Å². The topological polar surface area (TPSA) is 36.0 Å². The van der Waals surface area contributed by atoms with E-state index in [-0.39, 0.29) is 5.91 Å². The van der Waals surface area contributed by atoms with E-state index in [1.807, 2.05) is 23.1 Å². The third-order valence-electron chi connectivity index (χ3n) is 5.83. The van der Waals surface area contributed by atoms with Crippen LogP contribution < -0.4 is 9.64 Å². The van der Waals surface area contributed by atoms with Crippen LogP contribution in [0.3, 0.4) is 0 Å². The van der Waals surface area contributed by atoms with Crippen LogP contribution in [-0.2, 0) is 4.79 Å². The molecule has 26 heavy (non-hydrogen) atoms. The van der Waals surface area contributed by atoms with Gasteiger partial charge in [0.1, 0.15) is 5.75 Å². The maximum atomic E-state index is 12.8. The lowest BCUT2D eigenvalue weighted by Gasteiger charge is -2.41. The first-order valence-electron chi connectivity index (χ1n) is 9.61. The van der Waals surface area contributed by atoms with Crippen molar-refractivity contribution in [1.29, 1.82) is 0 Å². The van der Waals surface area contributed by atoms with Gasteiger partial charge in [-0.1, -0.05) is 18.0 Å². The lowest BCUT2D eigenvalue weighted by molar-refractivity contribution is -0.134. The van der Waals surface area contributed by atoms with Crippen LogP contribution in [0.25, 0.3) is 0 Å². The first kappa shape index (κ1) is 19.3. The molecule has 144 valence electrons. The Morgan fingerprint density at radius 3 is 2.42 bits per heavy atom. The molecule has 2 saturated heterocycles. The summed E-state index contributed by atoms with van der Waals surface area (Å²) < 4.78 is 5.31. The van der Waals surface area contributed by atoms with Gasteiger partial charge in [0.25, 0.3) is 0 Å². The van der Waals surface area contributed by atoms with Gasteiger partial charge < -0.3 is 14.5 Å². The summed E-state index contributed by atoms with van der Waals surface area (Å²) in [7, 11) is 1.63. The highest BCUT2D eigenvalue weighted by atomic mass is 35.5. The van der Waals surface area contributed by atoms with Gasteiger partial charge in [0.2, 0.25) is 5.91 Å². The van der Waals surface area contributed by atoms with Crippen molar-refractivity contribution in [3.8, 4) is 5.75 Å². The second-order valence-electron chi connectivity index (χ2n) is 7.49. The van der Waals surface area contributed by atoms with Crippen LogP contribution in [0.1, 0.15) is 33.1 Å². The maximum Gasteiger partial charge on any atom is 0.236 e. The van der Waals surface area contributed by atoms with Crippen molar-refractivity contribution in [3.05, 3.63) is 23.2 Å². The van der Waals surface area contributed by atoms with E-state index in [0.29, 0.717) is 29.4 Å². The minimum Gasteiger partial charge on any atom is -0.495 e. The lowest BCUT2D eigenvalue weighted by Crippen LogP contribution is -2.54. The van der Waals surface area contributed by atoms with Gasteiger partial charge in [-0.25, -0.2) is 0 Å². The zero-order chi connectivity index (χ0) is 18.7. The molecule has 1 aromatic carbocycles. The van der Waals surface area contributed by atoms with E-state index in [1.165, 1.54) is 19.3 Å². The number of hydrogen-bond donors (Lipinski definition) is 0. The van der Waals surface area contributed by atoms with Gasteiger partial charge in [0.15, 0.2) is 0 Å². The van der Waals surface area contributed by atoms with Crippen LogP contribution in [0, 0.1) is 0 Å². The number of carbonyl (C=O) groups is 1. The summed E-state index contributed by atoms with van der Waals surface area (Å²) in [6.07, 6.45) is 3.67. The molecule has 2 aliphatic rings. The highest BCUT2D eigenvalue weighted by Crippen LogP contribution is 2.30. The Hall–Kier alpha value is -1.46. The minimum atomic E-state index is 0.263. The number of carbonyl (C=O) groups excluding carboxylic acids is 1. The Kier molecular flexibility index (Phi) is 6.30. The number of halogens is 1. The van der Waals surface area contributed by atoms with Crippen LogP contribution in [-0.4, -0.2) is 67.6 Å². The van der Waals surface area contributed by atoms with E-state index in [9.17, 15) is 4.79 Å². The molecule has 5 nitrogen and oxygen atoms in total. The standard InChI is InChI=1S/C20H30ClN3O2/c1-15-5-4-6-16(2)24(15)14-20(25)23-11-9-22(10-12-23)17-7-8-18(21)19(13-17)26-3/h7-8,13,15-16H,4-6,9-12,14H2,1-3H3/t15-,16+. The summed E-state index contributed by atoms with van der Waals surface area (Å²) in [6.45, 7) is 8.24. The van der Waals surface area contributed by atoms with Gasteiger partial charge in [-0.2, -0.15) is 0 Å².